The summed E-state index contributed by atoms with van der Waals surface area (Å²) in [5, 5.41) is 4.92. The highest BCUT2D eigenvalue weighted by molar-refractivity contribution is 6.43. The number of hydrogen-bond donors (Lipinski definition) is 2. The summed E-state index contributed by atoms with van der Waals surface area (Å²) in [6, 6.07) is 13.2. The third kappa shape index (κ3) is 4.33. The number of amides is 2. The second-order valence-electron chi connectivity index (χ2n) is 4.58. The molecule has 0 aromatic heterocycles. The standard InChI is InChI=1S/C17H16N2O5/c1-23-14-8-4-2-6-12(14)18-16(21)17(22)19-13-7-3-5-9-15(13)24-11-10-20/h2-10H,11H2,1H3,(H,18,21)(H,19,22). The summed E-state index contributed by atoms with van der Waals surface area (Å²) < 4.78 is 10.3. The zero-order chi connectivity index (χ0) is 17.4. The normalized spacial score (nSPS) is 9.71. The van der Waals surface area contributed by atoms with Gasteiger partial charge in [0, 0.05) is 0 Å². The summed E-state index contributed by atoms with van der Waals surface area (Å²) in [5.41, 5.74) is 0.671. The highest BCUT2D eigenvalue weighted by atomic mass is 16.5. The minimum Gasteiger partial charge on any atom is -0.495 e. The number of anilines is 2. The van der Waals surface area contributed by atoms with Crippen molar-refractivity contribution in [3.05, 3.63) is 48.5 Å². The minimum absolute atomic E-state index is 0.152. The Hall–Kier alpha value is -3.35. The molecule has 0 spiro atoms. The predicted octanol–water partition coefficient (Wildman–Crippen LogP) is 1.85. The number of benzene rings is 2. The van der Waals surface area contributed by atoms with E-state index in [1.54, 1.807) is 48.5 Å². The van der Waals surface area contributed by atoms with E-state index in [-0.39, 0.29) is 6.61 Å². The smallest absolute Gasteiger partial charge is 0.314 e. The molecule has 0 atom stereocenters. The first-order valence-corrected chi connectivity index (χ1v) is 7.06. The number of carbonyl (C=O) groups excluding carboxylic acids is 3. The molecular formula is C17H16N2O5. The number of ether oxygens (including phenoxy) is 2. The minimum atomic E-state index is -0.872. The van der Waals surface area contributed by atoms with E-state index in [1.165, 1.54) is 7.11 Å². The molecule has 7 heteroatoms. The van der Waals surface area contributed by atoms with Crippen molar-refractivity contribution in [2.45, 2.75) is 0 Å². The SMILES string of the molecule is COc1ccccc1NC(=O)C(=O)Nc1ccccc1OCC=O. The number of aldehydes is 1. The topological polar surface area (TPSA) is 93.7 Å². The molecule has 2 amide bonds. The van der Waals surface area contributed by atoms with Gasteiger partial charge < -0.3 is 20.1 Å². The summed E-state index contributed by atoms with van der Waals surface area (Å²) in [7, 11) is 1.46. The van der Waals surface area contributed by atoms with Crippen LogP contribution in [0.5, 0.6) is 11.5 Å². The summed E-state index contributed by atoms with van der Waals surface area (Å²) in [6.07, 6.45) is 0.590. The largest absolute Gasteiger partial charge is 0.495 e. The van der Waals surface area contributed by atoms with Crippen molar-refractivity contribution >= 4 is 29.5 Å². The van der Waals surface area contributed by atoms with Gasteiger partial charge in [-0.05, 0) is 24.3 Å². The molecule has 2 aromatic rings. The van der Waals surface area contributed by atoms with Gasteiger partial charge in [-0.3, -0.25) is 14.4 Å². The van der Waals surface area contributed by atoms with E-state index in [4.69, 9.17) is 9.47 Å². The van der Waals surface area contributed by atoms with Crippen molar-refractivity contribution in [1.82, 2.24) is 0 Å². The van der Waals surface area contributed by atoms with Gasteiger partial charge in [-0.2, -0.15) is 0 Å². The van der Waals surface area contributed by atoms with Gasteiger partial charge in [0.25, 0.3) is 0 Å². The van der Waals surface area contributed by atoms with Crippen LogP contribution < -0.4 is 20.1 Å². The van der Waals surface area contributed by atoms with Crippen molar-refractivity contribution in [3.63, 3.8) is 0 Å². The zero-order valence-corrected chi connectivity index (χ0v) is 12.9. The van der Waals surface area contributed by atoms with Crippen LogP contribution in [0, 0.1) is 0 Å². The van der Waals surface area contributed by atoms with Crippen molar-refractivity contribution in [2.24, 2.45) is 0 Å². The van der Waals surface area contributed by atoms with Crippen LogP contribution in [0.3, 0.4) is 0 Å². The fourth-order valence-corrected chi connectivity index (χ4v) is 1.93. The molecule has 2 N–H and O–H groups in total. The Balaban J connectivity index is 2.07. The van der Waals surface area contributed by atoms with Gasteiger partial charge >= 0.3 is 11.8 Å². The maximum atomic E-state index is 12.1. The van der Waals surface area contributed by atoms with E-state index >= 15 is 0 Å². The second-order valence-corrected chi connectivity index (χ2v) is 4.58. The molecule has 0 saturated heterocycles. The van der Waals surface area contributed by atoms with Gasteiger partial charge in [-0.15, -0.1) is 0 Å². The molecule has 0 radical (unpaired) electrons. The number of methoxy groups -OCH3 is 1. The van der Waals surface area contributed by atoms with Crippen LogP contribution in [0.2, 0.25) is 0 Å². The average molecular weight is 328 g/mol. The molecular weight excluding hydrogens is 312 g/mol. The van der Waals surface area contributed by atoms with Gasteiger partial charge in [-0.1, -0.05) is 24.3 Å². The molecule has 0 heterocycles. The summed E-state index contributed by atoms with van der Waals surface area (Å²) >= 11 is 0. The van der Waals surface area contributed by atoms with E-state index < -0.39 is 11.8 Å². The lowest BCUT2D eigenvalue weighted by molar-refractivity contribution is -0.133. The maximum absolute atomic E-state index is 12.1. The van der Waals surface area contributed by atoms with E-state index in [1.807, 2.05) is 0 Å². The van der Waals surface area contributed by atoms with Crippen LogP contribution in [0.4, 0.5) is 11.4 Å². The molecule has 0 bridgehead atoms. The summed E-state index contributed by atoms with van der Waals surface area (Å²) in [4.78, 5) is 34.5. The first-order chi connectivity index (χ1) is 11.7. The summed E-state index contributed by atoms with van der Waals surface area (Å²) in [5.74, 6) is -0.996. The van der Waals surface area contributed by atoms with Crippen LogP contribution in [-0.4, -0.2) is 31.8 Å². The number of hydrogen-bond acceptors (Lipinski definition) is 5. The molecule has 2 rings (SSSR count). The molecule has 0 aliphatic heterocycles. The quantitative estimate of drug-likeness (QED) is 0.623. The Morgan fingerprint density at radius 2 is 1.42 bits per heavy atom. The molecule has 24 heavy (non-hydrogen) atoms. The average Bonchev–Trinajstić information content (AvgIpc) is 2.61. The van der Waals surface area contributed by atoms with Crippen molar-refractivity contribution < 1.29 is 23.9 Å². The van der Waals surface area contributed by atoms with E-state index in [9.17, 15) is 14.4 Å². The van der Waals surface area contributed by atoms with Crippen molar-refractivity contribution in [1.29, 1.82) is 0 Å². The molecule has 0 saturated carbocycles. The van der Waals surface area contributed by atoms with E-state index in [2.05, 4.69) is 10.6 Å². The molecule has 0 aliphatic rings. The van der Waals surface area contributed by atoms with Gasteiger partial charge in [0.2, 0.25) is 0 Å². The van der Waals surface area contributed by atoms with Crippen LogP contribution in [-0.2, 0) is 14.4 Å². The lowest BCUT2D eigenvalue weighted by Gasteiger charge is -2.12. The van der Waals surface area contributed by atoms with E-state index in [0.29, 0.717) is 29.2 Å². The van der Waals surface area contributed by atoms with Crippen LogP contribution in [0.1, 0.15) is 0 Å². The van der Waals surface area contributed by atoms with Gasteiger partial charge in [0.15, 0.2) is 6.29 Å². The fraction of sp³-hybridized carbons (Fsp3) is 0.118. The first kappa shape index (κ1) is 17.0. The lowest BCUT2D eigenvalue weighted by atomic mass is 10.2. The predicted molar refractivity (Wildman–Crippen MR) is 88.3 cm³/mol. The van der Waals surface area contributed by atoms with Crippen molar-refractivity contribution in [3.8, 4) is 11.5 Å². The van der Waals surface area contributed by atoms with Crippen LogP contribution in [0.25, 0.3) is 0 Å². The Morgan fingerprint density at radius 3 is 1.96 bits per heavy atom. The fourth-order valence-electron chi connectivity index (χ4n) is 1.93. The van der Waals surface area contributed by atoms with Gasteiger partial charge in [0.1, 0.15) is 18.1 Å². The molecule has 124 valence electrons. The monoisotopic (exact) mass is 328 g/mol. The zero-order valence-electron chi connectivity index (χ0n) is 12.9. The second kappa shape index (κ2) is 8.33. The van der Waals surface area contributed by atoms with Crippen molar-refractivity contribution in [2.75, 3.05) is 24.4 Å². The Labute approximate surface area is 138 Å². The molecule has 0 unspecified atom stereocenters. The highest BCUT2D eigenvalue weighted by Gasteiger charge is 2.17. The lowest BCUT2D eigenvalue weighted by Crippen LogP contribution is -2.29. The van der Waals surface area contributed by atoms with Crippen LogP contribution >= 0.6 is 0 Å². The summed E-state index contributed by atoms with van der Waals surface area (Å²) in [6.45, 7) is -0.152. The third-order valence-electron chi connectivity index (χ3n) is 3.00. The highest BCUT2D eigenvalue weighted by Crippen LogP contribution is 2.25. The molecule has 0 aliphatic carbocycles. The van der Waals surface area contributed by atoms with Gasteiger partial charge in [0.05, 0.1) is 18.5 Å². The number of carbonyl (C=O) groups is 3. The third-order valence-corrected chi connectivity index (χ3v) is 3.00. The molecule has 0 fully saturated rings. The van der Waals surface area contributed by atoms with Gasteiger partial charge in [-0.25, -0.2) is 0 Å². The molecule has 7 nitrogen and oxygen atoms in total. The number of nitrogens with one attached hydrogen (secondary N) is 2. The number of rotatable bonds is 6. The first-order valence-electron chi connectivity index (χ1n) is 7.06. The van der Waals surface area contributed by atoms with Crippen LogP contribution in [0.15, 0.2) is 48.5 Å². The number of para-hydroxylation sites is 4. The Bertz CT molecular complexity index is 745. The maximum Gasteiger partial charge on any atom is 0.314 e. The Morgan fingerprint density at radius 1 is 0.917 bits per heavy atom. The van der Waals surface area contributed by atoms with E-state index in [0.717, 1.165) is 0 Å². The molecule has 2 aromatic carbocycles. The Kier molecular flexibility index (Phi) is 5.90.